The second-order valence-electron chi connectivity index (χ2n) is 4.76. The monoisotopic (exact) mass is 374 g/mol. The minimum absolute atomic E-state index is 0.0517. The predicted molar refractivity (Wildman–Crippen MR) is 83.3 cm³/mol. The van der Waals surface area contributed by atoms with E-state index in [1.165, 1.54) is 12.8 Å². The smallest absolute Gasteiger partial charge is 0.257 e. The van der Waals surface area contributed by atoms with E-state index in [4.69, 9.17) is 4.74 Å². The van der Waals surface area contributed by atoms with Crippen LogP contribution in [0.15, 0.2) is 24.3 Å². The van der Waals surface area contributed by atoms with Crippen LogP contribution in [0.4, 0.5) is 0 Å². The maximum absolute atomic E-state index is 11.7. The van der Waals surface area contributed by atoms with Gasteiger partial charge in [0.25, 0.3) is 5.91 Å². The average molecular weight is 374 g/mol. The molecule has 0 aromatic heterocycles. The van der Waals surface area contributed by atoms with Crippen LogP contribution < -0.4 is 15.4 Å². The van der Waals surface area contributed by atoms with Crippen LogP contribution in [0.25, 0.3) is 0 Å². The van der Waals surface area contributed by atoms with Gasteiger partial charge in [-0.1, -0.05) is 0 Å². The van der Waals surface area contributed by atoms with Crippen molar-refractivity contribution in [3.63, 3.8) is 0 Å². The van der Waals surface area contributed by atoms with Gasteiger partial charge in [-0.15, -0.1) is 0 Å². The molecule has 0 radical (unpaired) electrons. The lowest BCUT2D eigenvalue weighted by atomic mass is 10.00. The zero-order valence-corrected chi connectivity index (χ0v) is 13.0. The number of piperidine rings is 1. The molecule has 104 valence electrons. The van der Waals surface area contributed by atoms with Crippen molar-refractivity contribution in [3.05, 3.63) is 27.8 Å². The van der Waals surface area contributed by atoms with Crippen molar-refractivity contribution in [2.45, 2.75) is 12.8 Å². The summed E-state index contributed by atoms with van der Waals surface area (Å²) in [5.74, 6) is 1.23. The summed E-state index contributed by atoms with van der Waals surface area (Å²) in [7, 11) is 0. The van der Waals surface area contributed by atoms with Gasteiger partial charge in [-0.3, -0.25) is 4.79 Å². The average Bonchev–Trinajstić information content (AvgIpc) is 2.45. The Morgan fingerprint density at radius 3 is 2.89 bits per heavy atom. The second-order valence-corrected chi connectivity index (χ2v) is 6.00. The van der Waals surface area contributed by atoms with Gasteiger partial charge in [0.1, 0.15) is 5.75 Å². The molecular formula is C14H19IN2O2. The number of amides is 1. The van der Waals surface area contributed by atoms with Gasteiger partial charge in [-0.2, -0.15) is 0 Å². The minimum atomic E-state index is -0.0517. The highest BCUT2D eigenvalue weighted by atomic mass is 127. The largest absolute Gasteiger partial charge is 0.484 e. The number of rotatable bonds is 5. The molecule has 1 saturated heterocycles. The van der Waals surface area contributed by atoms with Gasteiger partial charge >= 0.3 is 0 Å². The van der Waals surface area contributed by atoms with E-state index >= 15 is 0 Å². The molecule has 1 aromatic rings. The zero-order chi connectivity index (χ0) is 13.5. The van der Waals surface area contributed by atoms with Crippen LogP contribution in [0.5, 0.6) is 5.75 Å². The summed E-state index contributed by atoms with van der Waals surface area (Å²) >= 11 is 2.24. The molecule has 0 spiro atoms. The fourth-order valence-corrected chi connectivity index (χ4v) is 2.45. The fraction of sp³-hybridized carbons (Fsp3) is 0.500. The summed E-state index contributed by atoms with van der Waals surface area (Å²) in [4.78, 5) is 11.7. The van der Waals surface area contributed by atoms with E-state index in [0.29, 0.717) is 5.92 Å². The van der Waals surface area contributed by atoms with Crippen molar-refractivity contribution < 1.29 is 9.53 Å². The molecule has 1 atom stereocenters. The molecule has 1 fully saturated rings. The molecule has 0 saturated carbocycles. The Morgan fingerprint density at radius 2 is 2.21 bits per heavy atom. The highest BCUT2D eigenvalue weighted by Gasteiger charge is 2.13. The Morgan fingerprint density at radius 1 is 1.42 bits per heavy atom. The predicted octanol–water partition coefficient (Wildman–Crippen LogP) is 1.79. The van der Waals surface area contributed by atoms with Crippen molar-refractivity contribution >= 4 is 28.5 Å². The maximum atomic E-state index is 11.7. The number of hydrogen-bond donors (Lipinski definition) is 2. The molecule has 2 N–H and O–H groups in total. The third-order valence-electron chi connectivity index (χ3n) is 3.17. The quantitative estimate of drug-likeness (QED) is 0.773. The second kappa shape index (κ2) is 7.69. The normalized spacial score (nSPS) is 18.9. The Kier molecular flexibility index (Phi) is 5.91. The summed E-state index contributed by atoms with van der Waals surface area (Å²) in [5, 5.41) is 6.27. The van der Waals surface area contributed by atoms with Gasteiger partial charge in [0.05, 0.1) is 0 Å². The van der Waals surface area contributed by atoms with E-state index in [1.807, 2.05) is 24.3 Å². The van der Waals surface area contributed by atoms with Crippen LogP contribution in [0.2, 0.25) is 0 Å². The molecule has 5 heteroatoms. The van der Waals surface area contributed by atoms with Crippen LogP contribution in [-0.4, -0.2) is 32.1 Å². The third-order valence-corrected chi connectivity index (χ3v) is 3.89. The Labute approximate surface area is 127 Å². The van der Waals surface area contributed by atoms with Crippen molar-refractivity contribution in [2.75, 3.05) is 26.2 Å². The standard InChI is InChI=1S/C14H19IN2O2/c15-12-3-5-13(6-4-12)19-10-14(18)17-9-11-2-1-7-16-8-11/h3-6,11,16H,1-2,7-10H2,(H,17,18). The Hall–Kier alpha value is -0.820. The molecule has 4 nitrogen and oxygen atoms in total. The number of carbonyl (C=O) groups excluding carboxylic acids is 1. The summed E-state index contributed by atoms with van der Waals surface area (Å²) in [6, 6.07) is 7.67. The van der Waals surface area contributed by atoms with E-state index in [9.17, 15) is 4.79 Å². The molecule has 0 aliphatic carbocycles. The first-order chi connectivity index (χ1) is 9.24. The van der Waals surface area contributed by atoms with E-state index in [1.54, 1.807) is 0 Å². The molecule has 1 unspecified atom stereocenters. The number of ether oxygens (including phenoxy) is 1. The molecule has 1 heterocycles. The molecule has 19 heavy (non-hydrogen) atoms. The van der Waals surface area contributed by atoms with E-state index in [-0.39, 0.29) is 12.5 Å². The van der Waals surface area contributed by atoms with Gasteiger partial charge in [-0.05, 0) is 78.7 Å². The van der Waals surface area contributed by atoms with Crippen LogP contribution in [-0.2, 0) is 4.79 Å². The van der Waals surface area contributed by atoms with Gasteiger partial charge in [0.2, 0.25) is 0 Å². The molecule has 1 aliphatic heterocycles. The number of benzene rings is 1. The fourth-order valence-electron chi connectivity index (χ4n) is 2.09. The SMILES string of the molecule is O=C(COc1ccc(I)cc1)NCC1CCCNC1. The van der Waals surface area contributed by atoms with E-state index in [2.05, 4.69) is 33.2 Å². The molecule has 2 rings (SSSR count). The lowest BCUT2D eigenvalue weighted by molar-refractivity contribution is -0.123. The first-order valence-electron chi connectivity index (χ1n) is 6.60. The Balaban J connectivity index is 1.65. The molecular weight excluding hydrogens is 355 g/mol. The number of carbonyl (C=O) groups is 1. The van der Waals surface area contributed by atoms with Crippen LogP contribution >= 0.6 is 22.6 Å². The minimum Gasteiger partial charge on any atom is -0.484 e. The first kappa shape index (κ1) is 14.6. The zero-order valence-electron chi connectivity index (χ0n) is 10.8. The lowest BCUT2D eigenvalue weighted by Crippen LogP contribution is -2.39. The Bertz CT molecular complexity index is 402. The summed E-state index contributed by atoms with van der Waals surface area (Å²) in [5.41, 5.74) is 0. The molecule has 1 aromatic carbocycles. The van der Waals surface area contributed by atoms with E-state index < -0.39 is 0 Å². The van der Waals surface area contributed by atoms with Gasteiger partial charge < -0.3 is 15.4 Å². The number of hydrogen-bond acceptors (Lipinski definition) is 3. The summed E-state index contributed by atoms with van der Waals surface area (Å²) in [6.45, 7) is 2.92. The third kappa shape index (κ3) is 5.36. The van der Waals surface area contributed by atoms with Crippen molar-refractivity contribution in [1.29, 1.82) is 0 Å². The van der Waals surface area contributed by atoms with Crippen LogP contribution in [0.1, 0.15) is 12.8 Å². The first-order valence-corrected chi connectivity index (χ1v) is 7.67. The lowest BCUT2D eigenvalue weighted by Gasteiger charge is -2.22. The topological polar surface area (TPSA) is 50.4 Å². The van der Waals surface area contributed by atoms with Crippen LogP contribution in [0.3, 0.4) is 0 Å². The maximum Gasteiger partial charge on any atom is 0.257 e. The van der Waals surface area contributed by atoms with Gasteiger partial charge in [-0.25, -0.2) is 0 Å². The van der Waals surface area contributed by atoms with Gasteiger partial charge in [0, 0.05) is 10.1 Å². The summed E-state index contributed by atoms with van der Waals surface area (Å²) in [6.07, 6.45) is 2.38. The van der Waals surface area contributed by atoms with Crippen molar-refractivity contribution in [1.82, 2.24) is 10.6 Å². The number of halogens is 1. The van der Waals surface area contributed by atoms with Crippen molar-refractivity contribution in [2.24, 2.45) is 5.92 Å². The molecule has 0 bridgehead atoms. The summed E-state index contributed by atoms with van der Waals surface area (Å²) < 4.78 is 6.58. The molecule has 1 amide bonds. The number of nitrogens with one attached hydrogen (secondary N) is 2. The van der Waals surface area contributed by atoms with E-state index in [0.717, 1.165) is 29.0 Å². The molecule has 1 aliphatic rings. The van der Waals surface area contributed by atoms with Crippen LogP contribution in [0, 0.1) is 9.49 Å². The highest BCUT2D eigenvalue weighted by molar-refractivity contribution is 14.1. The van der Waals surface area contributed by atoms with Crippen molar-refractivity contribution in [3.8, 4) is 5.75 Å². The van der Waals surface area contributed by atoms with Gasteiger partial charge in [0.15, 0.2) is 6.61 Å². The highest BCUT2D eigenvalue weighted by Crippen LogP contribution is 2.13.